The van der Waals surface area contributed by atoms with Crippen molar-refractivity contribution in [2.24, 2.45) is 5.73 Å². The minimum Gasteiger partial charge on any atom is -0.366 e. The summed E-state index contributed by atoms with van der Waals surface area (Å²) >= 11 is 6.70. The molecule has 2 amide bonds. The van der Waals surface area contributed by atoms with Gasteiger partial charge in [0.05, 0.1) is 10.7 Å². The maximum absolute atomic E-state index is 11.7. The number of piperazine rings is 1. The van der Waals surface area contributed by atoms with Crippen molar-refractivity contribution < 1.29 is 9.59 Å². The second-order valence-corrected chi connectivity index (χ2v) is 8.29. The molecule has 1 aromatic heterocycles. The van der Waals surface area contributed by atoms with E-state index in [9.17, 15) is 9.59 Å². The third-order valence-corrected chi connectivity index (χ3v) is 6.18. The second kappa shape index (κ2) is 9.51. The topological polar surface area (TPSA) is 79.5 Å². The Hall–Kier alpha value is -3.22. The van der Waals surface area contributed by atoms with Gasteiger partial charge in [0.1, 0.15) is 0 Å². The van der Waals surface area contributed by atoms with Gasteiger partial charge in [-0.15, -0.1) is 0 Å². The van der Waals surface area contributed by atoms with Gasteiger partial charge in [-0.05, 0) is 47.0 Å². The third kappa shape index (κ3) is 4.66. The van der Waals surface area contributed by atoms with Crippen molar-refractivity contribution in [1.82, 2.24) is 14.8 Å². The summed E-state index contributed by atoms with van der Waals surface area (Å²) in [5.74, 6) is -0.345. The number of carbonyl (C=O) groups excluding carboxylic acids is 2. The van der Waals surface area contributed by atoms with E-state index in [1.807, 2.05) is 47.4 Å². The fourth-order valence-corrected chi connectivity index (χ4v) is 4.37. The van der Waals surface area contributed by atoms with E-state index < -0.39 is 5.91 Å². The van der Waals surface area contributed by atoms with Crippen LogP contribution in [0.4, 0.5) is 0 Å². The first-order valence-electron chi connectivity index (χ1n) is 10.5. The van der Waals surface area contributed by atoms with Crippen LogP contribution in [0.25, 0.3) is 22.4 Å². The third-order valence-electron chi connectivity index (χ3n) is 5.86. The lowest BCUT2D eigenvalue weighted by Gasteiger charge is -2.35. The number of hydrogen-bond acceptors (Lipinski definition) is 4. The van der Waals surface area contributed by atoms with Crippen LogP contribution in [-0.4, -0.2) is 52.8 Å². The first kappa shape index (κ1) is 22.0. The Kier molecular flexibility index (Phi) is 6.53. The van der Waals surface area contributed by atoms with E-state index in [1.165, 1.54) is 0 Å². The first-order chi connectivity index (χ1) is 15.4. The zero-order valence-electron chi connectivity index (χ0n) is 17.9. The van der Waals surface area contributed by atoms with Crippen LogP contribution in [-0.2, 0) is 11.3 Å². The average Bonchev–Trinajstić information content (AvgIpc) is 2.80. The van der Waals surface area contributed by atoms with Crippen LogP contribution in [0.15, 0.2) is 60.8 Å². The Balaban J connectivity index is 1.76. The molecule has 0 atom stereocenters. The molecule has 0 saturated carbocycles. The highest BCUT2D eigenvalue weighted by Gasteiger charge is 2.23. The van der Waals surface area contributed by atoms with Crippen LogP contribution < -0.4 is 5.73 Å². The molecular formula is C25H25ClN4O2. The van der Waals surface area contributed by atoms with Crippen molar-refractivity contribution in [2.75, 3.05) is 26.2 Å². The standard InChI is InChI=1S/C25H25ClN4O2/c1-17(31)30-14-12-29(13-15-30)16-21-20(18-5-7-19(8-6-18)25(27)32)9-10-22(26)24(21)23-4-2-3-11-28-23/h2-11H,12-16H2,1H3,(H2,27,32). The number of amides is 2. The molecule has 164 valence electrons. The van der Waals surface area contributed by atoms with Gasteiger partial charge in [-0.1, -0.05) is 35.9 Å². The van der Waals surface area contributed by atoms with Crippen LogP contribution in [0, 0.1) is 0 Å². The van der Waals surface area contributed by atoms with Gasteiger partial charge in [0.15, 0.2) is 0 Å². The number of halogens is 1. The molecule has 1 fully saturated rings. The van der Waals surface area contributed by atoms with Gasteiger partial charge < -0.3 is 10.6 Å². The van der Waals surface area contributed by atoms with Gasteiger partial charge in [0, 0.05) is 57.0 Å². The Bertz CT molecular complexity index is 1120. The molecule has 7 heteroatoms. The molecule has 2 aromatic carbocycles. The quantitative estimate of drug-likeness (QED) is 0.643. The van der Waals surface area contributed by atoms with E-state index >= 15 is 0 Å². The van der Waals surface area contributed by atoms with Gasteiger partial charge in [0.25, 0.3) is 0 Å². The highest BCUT2D eigenvalue weighted by atomic mass is 35.5. The van der Waals surface area contributed by atoms with Crippen molar-refractivity contribution in [3.05, 3.63) is 76.9 Å². The number of nitrogens with two attached hydrogens (primary N) is 1. The molecular weight excluding hydrogens is 424 g/mol. The van der Waals surface area contributed by atoms with Gasteiger partial charge in [-0.25, -0.2) is 0 Å². The minimum atomic E-state index is -0.453. The molecule has 6 nitrogen and oxygen atoms in total. The molecule has 2 N–H and O–H groups in total. The lowest BCUT2D eigenvalue weighted by Crippen LogP contribution is -2.47. The van der Waals surface area contributed by atoms with E-state index in [2.05, 4.69) is 9.88 Å². The molecule has 32 heavy (non-hydrogen) atoms. The maximum atomic E-state index is 11.7. The van der Waals surface area contributed by atoms with Crippen LogP contribution in [0.1, 0.15) is 22.8 Å². The number of carbonyl (C=O) groups is 2. The average molecular weight is 449 g/mol. The summed E-state index contributed by atoms with van der Waals surface area (Å²) in [4.78, 5) is 32.0. The maximum Gasteiger partial charge on any atom is 0.248 e. The van der Waals surface area contributed by atoms with Crippen LogP contribution >= 0.6 is 11.6 Å². The fourth-order valence-electron chi connectivity index (χ4n) is 4.10. The zero-order valence-corrected chi connectivity index (χ0v) is 18.7. The summed E-state index contributed by atoms with van der Waals surface area (Å²) in [5, 5.41) is 0.638. The number of nitrogens with zero attached hydrogens (tertiary/aromatic N) is 3. The van der Waals surface area contributed by atoms with Crippen molar-refractivity contribution in [3.8, 4) is 22.4 Å². The summed E-state index contributed by atoms with van der Waals surface area (Å²) in [6.45, 7) is 5.27. The number of aromatic nitrogens is 1. The summed E-state index contributed by atoms with van der Waals surface area (Å²) in [7, 11) is 0. The van der Waals surface area contributed by atoms with Gasteiger partial charge in [-0.3, -0.25) is 19.5 Å². The Labute approximate surface area is 192 Å². The Morgan fingerprint density at radius 1 is 1.00 bits per heavy atom. The largest absolute Gasteiger partial charge is 0.366 e. The molecule has 1 aliphatic heterocycles. The van der Waals surface area contributed by atoms with Gasteiger partial charge >= 0.3 is 0 Å². The lowest BCUT2D eigenvalue weighted by molar-refractivity contribution is -0.130. The molecule has 0 unspecified atom stereocenters. The Morgan fingerprint density at radius 2 is 1.72 bits per heavy atom. The highest BCUT2D eigenvalue weighted by Crippen LogP contribution is 2.38. The minimum absolute atomic E-state index is 0.108. The molecule has 4 rings (SSSR count). The second-order valence-electron chi connectivity index (χ2n) is 7.89. The Morgan fingerprint density at radius 3 is 2.31 bits per heavy atom. The van der Waals surface area contributed by atoms with E-state index in [1.54, 1.807) is 25.3 Å². The number of pyridine rings is 1. The number of benzene rings is 2. The molecule has 1 aliphatic rings. The number of primary amides is 1. The first-order valence-corrected chi connectivity index (χ1v) is 10.9. The smallest absolute Gasteiger partial charge is 0.248 e. The van der Waals surface area contributed by atoms with E-state index in [0.29, 0.717) is 30.2 Å². The molecule has 0 aliphatic carbocycles. The molecule has 2 heterocycles. The van der Waals surface area contributed by atoms with E-state index in [-0.39, 0.29) is 5.91 Å². The van der Waals surface area contributed by atoms with Crippen molar-refractivity contribution in [1.29, 1.82) is 0 Å². The SMILES string of the molecule is CC(=O)N1CCN(Cc2c(-c3ccc(C(N)=O)cc3)ccc(Cl)c2-c2ccccn2)CC1. The molecule has 3 aromatic rings. The van der Waals surface area contributed by atoms with Crippen LogP contribution in [0.3, 0.4) is 0 Å². The van der Waals surface area contributed by atoms with Crippen molar-refractivity contribution in [2.45, 2.75) is 13.5 Å². The van der Waals surface area contributed by atoms with Gasteiger partial charge in [0.2, 0.25) is 11.8 Å². The summed E-state index contributed by atoms with van der Waals surface area (Å²) < 4.78 is 0. The number of rotatable bonds is 5. The summed E-state index contributed by atoms with van der Waals surface area (Å²) in [6.07, 6.45) is 1.76. The monoisotopic (exact) mass is 448 g/mol. The predicted molar refractivity (Wildman–Crippen MR) is 126 cm³/mol. The molecule has 0 bridgehead atoms. The van der Waals surface area contributed by atoms with Crippen LogP contribution in [0.2, 0.25) is 5.02 Å². The van der Waals surface area contributed by atoms with E-state index in [4.69, 9.17) is 17.3 Å². The summed E-state index contributed by atoms with van der Waals surface area (Å²) in [5.41, 5.74) is 10.7. The van der Waals surface area contributed by atoms with Crippen molar-refractivity contribution in [3.63, 3.8) is 0 Å². The summed E-state index contributed by atoms with van der Waals surface area (Å²) in [6, 6.07) is 17.0. The van der Waals surface area contributed by atoms with E-state index in [0.717, 1.165) is 41.0 Å². The van der Waals surface area contributed by atoms with Crippen LogP contribution in [0.5, 0.6) is 0 Å². The highest BCUT2D eigenvalue weighted by molar-refractivity contribution is 6.33. The number of hydrogen-bond donors (Lipinski definition) is 1. The fraction of sp³-hybridized carbons (Fsp3) is 0.240. The molecule has 0 radical (unpaired) electrons. The normalized spacial score (nSPS) is 14.4. The zero-order chi connectivity index (χ0) is 22.7. The molecule has 0 spiro atoms. The molecule has 1 saturated heterocycles. The predicted octanol–water partition coefficient (Wildman–Crippen LogP) is 3.83. The lowest BCUT2D eigenvalue weighted by atomic mass is 9.92. The van der Waals surface area contributed by atoms with Crippen molar-refractivity contribution >= 4 is 23.4 Å². The van der Waals surface area contributed by atoms with Gasteiger partial charge in [-0.2, -0.15) is 0 Å².